The van der Waals surface area contributed by atoms with Crippen molar-refractivity contribution in [3.63, 3.8) is 0 Å². The summed E-state index contributed by atoms with van der Waals surface area (Å²) in [5.41, 5.74) is -1.14. The first kappa shape index (κ1) is 23.3. The Labute approximate surface area is 208 Å². The molecular formula is C25H16O13. The quantitative estimate of drug-likeness (QED) is 0.136. The molecule has 8 N–H and O–H groups in total. The third kappa shape index (κ3) is 2.61. The largest absolute Gasteiger partial charge is 0.507 e. The fourth-order valence-corrected chi connectivity index (χ4v) is 5.02. The predicted octanol–water partition coefficient (Wildman–Crippen LogP) is -0.472. The van der Waals surface area contributed by atoms with Crippen molar-refractivity contribution in [1.82, 2.24) is 0 Å². The second-order valence-corrected chi connectivity index (χ2v) is 8.91. The van der Waals surface area contributed by atoms with Crippen LogP contribution in [0, 0.1) is 6.92 Å². The lowest BCUT2D eigenvalue weighted by Crippen LogP contribution is -2.57. The van der Waals surface area contributed by atoms with Crippen LogP contribution in [-0.4, -0.2) is 58.7 Å². The molecule has 3 aromatic carbocycles. The highest BCUT2D eigenvalue weighted by Crippen LogP contribution is 2.54. The minimum absolute atomic E-state index is 0.153. The lowest BCUT2D eigenvalue weighted by atomic mass is 9.90. The molecule has 0 bridgehead atoms. The van der Waals surface area contributed by atoms with Crippen molar-refractivity contribution in [3.8, 4) is 40.2 Å². The first-order valence-electron chi connectivity index (χ1n) is 10.9. The second kappa shape index (κ2) is 7.23. The minimum Gasteiger partial charge on any atom is -0.507 e. The van der Waals surface area contributed by atoms with Crippen LogP contribution in [0.2, 0.25) is 0 Å². The molecule has 4 aromatic rings. The van der Waals surface area contributed by atoms with Crippen LogP contribution in [0.5, 0.6) is 40.2 Å². The van der Waals surface area contributed by atoms with Gasteiger partial charge in [-0.15, -0.1) is 0 Å². The van der Waals surface area contributed by atoms with Crippen LogP contribution in [0.1, 0.15) is 17.4 Å². The molecule has 0 saturated heterocycles. The fraction of sp³-hybridized carbons (Fsp3) is 0.160. The lowest BCUT2D eigenvalue weighted by Gasteiger charge is -2.41. The summed E-state index contributed by atoms with van der Waals surface area (Å²) < 4.78 is 16.2. The molecule has 0 amide bonds. The predicted molar refractivity (Wildman–Crippen MR) is 125 cm³/mol. The maximum atomic E-state index is 12.4. The molecule has 194 valence electrons. The molecule has 0 radical (unpaired) electrons. The molecule has 2 aliphatic heterocycles. The van der Waals surface area contributed by atoms with Crippen molar-refractivity contribution in [1.29, 1.82) is 0 Å². The van der Waals surface area contributed by atoms with Crippen LogP contribution in [0.3, 0.4) is 0 Å². The zero-order valence-corrected chi connectivity index (χ0v) is 19.0. The molecule has 3 atom stereocenters. The van der Waals surface area contributed by atoms with Crippen LogP contribution in [0.4, 0.5) is 0 Å². The van der Waals surface area contributed by atoms with Gasteiger partial charge in [0.25, 0.3) is 0 Å². The number of aromatic hydroxyl groups is 5. The van der Waals surface area contributed by atoms with E-state index in [1.165, 1.54) is 25.0 Å². The number of phenols is 5. The number of benzene rings is 3. The van der Waals surface area contributed by atoms with Crippen molar-refractivity contribution in [2.24, 2.45) is 0 Å². The number of aliphatic hydroxyl groups is 3. The van der Waals surface area contributed by atoms with Crippen LogP contribution in [-0.2, 0) is 4.79 Å². The molecule has 13 nitrogen and oxygen atoms in total. The average molecular weight is 524 g/mol. The Kier molecular flexibility index (Phi) is 4.44. The van der Waals surface area contributed by atoms with Crippen molar-refractivity contribution in [2.45, 2.75) is 24.9 Å². The van der Waals surface area contributed by atoms with Gasteiger partial charge in [-0.3, -0.25) is 0 Å². The second-order valence-electron chi connectivity index (χ2n) is 8.91. The Hall–Kier alpha value is -5.10. The highest BCUT2D eigenvalue weighted by molar-refractivity contribution is 6.04. The Bertz CT molecular complexity index is 1970. The third-order valence-corrected chi connectivity index (χ3v) is 6.75. The van der Waals surface area contributed by atoms with Crippen LogP contribution < -0.4 is 25.5 Å². The normalized spacial score (nSPS) is 21.7. The van der Waals surface area contributed by atoms with E-state index in [-0.39, 0.29) is 22.1 Å². The van der Waals surface area contributed by atoms with Crippen molar-refractivity contribution in [3.05, 3.63) is 50.4 Å². The summed E-state index contributed by atoms with van der Waals surface area (Å²) in [6.07, 6.45) is -4.08. The van der Waals surface area contributed by atoms with Crippen LogP contribution in [0.15, 0.2) is 27.4 Å². The first-order chi connectivity index (χ1) is 17.9. The van der Waals surface area contributed by atoms with Gasteiger partial charge in [-0.05, 0) is 24.4 Å². The van der Waals surface area contributed by atoms with E-state index < -0.39 is 90.8 Å². The number of fused-ring (bicyclic) bond motifs is 4. The van der Waals surface area contributed by atoms with E-state index in [1.807, 2.05) is 0 Å². The van der Waals surface area contributed by atoms with Crippen molar-refractivity contribution >= 4 is 33.2 Å². The van der Waals surface area contributed by atoms with Crippen LogP contribution in [0.25, 0.3) is 27.3 Å². The molecule has 1 aromatic heterocycles. The SMILES string of the molecule is Cc1cc2cc3c(c(O)c2c(=O)o1)O[C@@]1(Oc2c(O)c4c(O)c(=C=O)cc(O)c4c(O)c2=C1O)[C@@H](O)[C@@H]3O. The fourth-order valence-electron chi connectivity index (χ4n) is 5.02. The summed E-state index contributed by atoms with van der Waals surface area (Å²) in [5.74, 6) is -8.15. The van der Waals surface area contributed by atoms with E-state index >= 15 is 0 Å². The van der Waals surface area contributed by atoms with Gasteiger partial charge in [0, 0.05) is 11.6 Å². The molecule has 0 aliphatic carbocycles. The molecule has 0 unspecified atom stereocenters. The van der Waals surface area contributed by atoms with Gasteiger partial charge >= 0.3 is 11.4 Å². The topological polar surface area (TPSA) is 228 Å². The number of hydrogen-bond donors (Lipinski definition) is 8. The van der Waals surface area contributed by atoms with Gasteiger partial charge in [-0.25, -0.2) is 9.59 Å². The van der Waals surface area contributed by atoms with Gasteiger partial charge < -0.3 is 54.7 Å². The number of ether oxygens (including phenoxy) is 2. The van der Waals surface area contributed by atoms with E-state index in [0.29, 0.717) is 0 Å². The summed E-state index contributed by atoms with van der Waals surface area (Å²) in [5, 5.41) is 83.9. The summed E-state index contributed by atoms with van der Waals surface area (Å²) in [7, 11) is 0. The minimum atomic E-state index is -2.80. The molecule has 38 heavy (non-hydrogen) atoms. The Balaban J connectivity index is 1.67. The highest BCUT2D eigenvalue weighted by Gasteiger charge is 2.60. The van der Waals surface area contributed by atoms with E-state index in [0.717, 1.165) is 6.07 Å². The highest BCUT2D eigenvalue weighted by atomic mass is 16.7. The van der Waals surface area contributed by atoms with Crippen LogP contribution >= 0.6 is 0 Å². The number of phenolic OH excluding ortho intramolecular Hbond substituents is 5. The molecule has 13 heteroatoms. The maximum absolute atomic E-state index is 12.4. The maximum Gasteiger partial charge on any atom is 0.347 e. The first-order valence-corrected chi connectivity index (χ1v) is 10.9. The summed E-state index contributed by atoms with van der Waals surface area (Å²) in [6.45, 7) is 1.49. The van der Waals surface area contributed by atoms with Gasteiger partial charge in [0.2, 0.25) is 0 Å². The molecule has 0 fully saturated rings. The standard InChI is InChI=1S/C25H16O13/c1-6-2-7-3-9-16(29)23(34)25(37-20(9)18(31)11(7)24(35)36-6)22(33)14-17(30)12-10(27)4-8(5-26)15(28)13(12)19(32)21(14)38-25/h2-4,16,23,27-34H,1H3/t16-,23+,25+/m1/s1. The molecule has 0 saturated carbocycles. The Morgan fingerprint density at radius 3 is 2.18 bits per heavy atom. The Morgan fingerprint density at radius 1 is 0.842 bits per heavy atom. The monoisotopic (exact) mass is 524 g/mol. The summed E-state index contributed by atoms with van der Waals surface area (Å²) in [6, 6.07) is 3.41. The number of aliphatic hydroxyl groups excluding tert-OH is 3. The lowest BCUT2D eigenvalue weighted by molar-refractivity contribution is -0.196. The summed E-state index contributed by atoms with van der Waals surface area (Å²) >= 11 is 0. The van der Waals surface area contributed by atoms with E-state index in [1.54, 1.807) is 0 Å². The zero-order valence-electron chi connectivity index (χ0n) is 19.0. The third-order valence-electron chi connectivity index (χ3n) is 6.75. The number of aryl methyl sites for hydroxylation is 1. The van der Waals surface area contributed by atoms with Gasteiger partial charge in [0.05, 0.1) is 10.8 Å². The van der Waals surface area contributed by atoms with Crippen molar-refractivity contribution in [2.75, 3.05) is 0 Å². The van der Waals surface area contributed by atoms with Gasteiger partial charge in [-0.2, -0.15) is 0 Å². The molecule has 1 spiro atoms. The number of rotatable bonds is 0. The molecule has 6 rings (SSSR count). The van der Waals surface area contributed by atoms with Gasteiger partial charge in [-0.1, -0.05) is 0 Å². The van der Waals surface area contributed by atoms with E-state index in [2.05, 4.69) is 0 Å². The average Bonchev–Trinajstić information content (AvgIpc) is 3.16. The molecular weight excluding hydrogens is 508 g/mol. The molecule has 2 aliphatic rings. The van der Waals surface area contributed by atoms with Gasteiger partial charge in [0.15, 0.2) is 34.9 Å². The van der Waals surface area contributed by atoms with Crippen molar-refractivity contribution < 1.29 is 59.5 Å². The van der Waals surface area contributed by atoms with E-state index in [4.69, 9.17) is 13.9 Å². The zero-order chi connectivity index (χ0) is 27.4. The van der Waals surface area contributed by atoms with Gasteiger partial charge in [0.1, 0.15) is 50.9 Å². The number of carbonyl (C=O) groups excluding carboxylic acids is 1. The van der Waals surface area contributed by atoms with E-state index in [9.17, 15) is 50.4 Å². The number of hydrogen-bond acceptors (Lipinski definition) is 13. The summed E-state index contributed by atoms with van der Waals surface area (Å²) in [4.78, 5) is 23.6. The molecule has 3 heterocycles. The smallest absolute Gasteiger partial charge is 0.347 e. The Morgan fingerprint density at radius 2 is 1.50 bits per heavy atom.